The molecule has 0 unspecified atom stereocenters. The summed E-state index contributed by atoms with van der Waals surface area (Å²) in [6.45, 7) is 4.26. The Morgan fingerprint density at radius 3 is 2.82 bits per heavy atom. The SMILES string of the molecule is CN=C(NCCn1cc(C)cn1)NCc1csc(N(C)C)n1. The average Bonchev–Trinajstić information content (AvgIpc) is 3.11. The number of aryl methyl sites for hydroxylation is 1. The van der Waals surface area contributed by atoms with Crippen molar-refractivity contribution >= 4 is 22.4 Å². The molecule has 7 nitrogen and oxygen atoms in total. The zero-order chi connectivity index (χ0) is 15.9. The van der Waals surface area contributed by atoms with Crippen molar-refractivity contribution < 1.29 is 0 Å². The van der Waals surface area contributed by atoms with Gasteiger partial charge in [0, 0.05) is 39.3 Å². The van der Waals surface area contributed by atoms with Gasteiger partial charge in [-0.15, -0.1) is 11.3 Å². The maximum atomic E-state index is 4.53. The summed E-state index contributed by atoms with van der Waals surface area (Å²) in [5.41, 5.74) is 2.18. The third-order valence-corrected chi connectivity index (χ3v) is 4.04. The molecule has 0 aliphatic rings. The van der Waals surface area contributed by atoms with E-state index in [1.807, 2.05) is 43.0 Å². The van der Waals surface area contributed by atoms with Gasteiger partial charge in [-0.1, -0.05) is 0 Å². The van der Waals surface area contributed by atoms with E-state index in [-0.39, 0.29) is 0 Å². The Labute approximate surface area is 135 Å². The van der Waals surface area contributed by atoms with Gasteiger partial charge in [0.15, 0.2) is 11.1 Å². The fourth-order valence-electron chi connectivity index (χ4n) is 1.86. The van der Waals surface area contributed by atoms with Crippen LogP contribution in [0.5, 0.6) is 0 Å². The Morgan fingerprint density at radius 1 is 1.41 bits per heavy atom. The van der Waals surface area contributed by atoms with Crippen LogP contribution in [0, 0.1) is 6.92 Å². The molecule has 2 rings (SSSR count). The van der Waals surface area contributed by atoms with E-state index in [1.165, 1.54) is 5.56 Å². The zero-order valence-corrected chi connectivity index (χ0v) is 14.3. The molecule has 2 aromatic heterocycles. The number of aliphatic imine (C=N–C) groups is 1. The highest BCUT2D eigenvalue weighted by molar-refractivity contribution is 7.13. The molecule has 2 aromatic rings. The minimum Gasteiger partial charge on any atom is -0.355 e. The number of nitrogens with zero attached hydrogens (tertiary/aromatic N) is 5. The first-order valence-corrected chi connectivity index (χ1v) is 8.01. The number of hydrogen-bond donors (Lipinski definition) is 2. The normalized spacial score (nSPS) is 11.5. The van der Waals surface area contributed by atoms with E-state index in [2.05, 4.69) is 31.1 Å². The number of thiazole rings is 1. The zero-order valence-electron chi connectivity index (χ0n) is 13.5. The van der Waals surface area contributed by atoms with E-state index >= 15 is 0 Å². The van der Waals surface area contributed by atoms with Crippen LogP contribution >= 0.6 is 11.3 Å². The molecule has 0 aliphatic carbocycles. The molecule has 8 heteroatoms. The van der Waals surface area contributed by atoms with E-state index in [1.54, 1.807) is 18.4 Å². The maximum absolute atomic E-state index is 4.53. The highest BCUT2D eigenvalue weighted by Crippen LogP contribution is 2.17. The van der Waals surface area contributed by atoms with Gasteiger partial charge in [-0.3, -0.25) is 9.67 Å². The second-order valence-corrected chi connectivity index (χ2v) is 5.99. The summed E-state index contributed by atoms with van der Waals surface area (Å²) < 4.78 is 1.92. The van der Waals surface area contributed by atoms with Crippen LogP contribution in [0.4, 0.5) is 5.13 Å². The Kier molecular flexibility index (Phi) is 5.76. The average molecular weight is 321 g/mol. The highest BCUT2D eigenvalue weighted by Gasteiger charge is 2.04. The smallest absolute Gasteiger partial charge is 0.191 e. The monoisotopic (exact) mass is 321 g/mol. The molecular formula is C14H23N7S. The molecular weight excluding hydrogens is 298 g/mol. The fourth-order valence-corrected chi connectivity index (χ4v) is 2.61. The van der Waals surface area contributed by atoms with Gasteiger partial charge in [-0.25, -0.2) is 4.98 Å². The van der Waals surface area contributed by atoms with Crippen molar-refractivity contribution in [3.63, 3.8) is 0 Å². The molecule has 0 fully saturated rings. The maximum Gasteiger partial charge on any atom is 0.191 e. The molecule has 0 atom stereocenters. The lowest BCUT2D eigenvalue weighted by Crippen LogP contribution is -2.38. The van der Waals surface area contributed by atoms with Crippen molar-refractivity contribution in [2.75, 3.05) is 32.6 Å². The molecule has 0 saturated heterocycles. The quantitative estimate of drug-likeness (QED) is 0.615. The summed E-state index contributed by atoms with van der Waals surface area (Å²) in [5, 5.41) is 13.9. The summed E-state index contributed by atoms with van der Waals surface area (Å²) in [7, 11) is 5.75. The van der Waals surface area contributed by atoms with Gasteiger partial charge in [0.25, 0.3) is 0 Å². The fraction of sp³-hybridized carbons (Fsp3) is 0.500. The van der Waals surface area contributed by atoms with Gasteiger partial charge in [0.05, 0.1) is 25.0 Å². The number of anilines is 1. The van der Waals surface area contributed by atoms with Crippen molar-refractivity contribution in [1.82, 2.24) is 25.4 Å². The summed E-state index contributed by atoms with van der Waals surface area (Å²) in [4.78, 5) is 10.8. The molecule has 2 N–H and O–H groups in total. The second-order valence-electron chi connectivity index (χ2n) is 5.15. The Morgan fingerprint density at radius 2 is 2.23 bits per heavy atom. The summed E-state index contributed by atoms with van der Waals surface area (Å²) in [6.07, 6.45) is 3.88. The van der Waals surface area contributed by atoms with Crippen LogP contribution in [0.15, 0.2) is 22.8 Å². The number of nitrogens with one attached hydrogen (secondary N) is 2. The molecule has 0 aliphatic heterocycles. The standard InChI is InChI=1S/C14H23N7S/c1-11-7-18-21(9-11)6-5-16-13(15-2)17-8-12-10-22-14(19-12)20(3)4/h7,9-10H,5-6,8H2,1-4H3,(H2,15,16,17). The lowest BCUT2D eigenvalue weighted by atomic mass is 10.4. The number of aromatic nitrogens is 3. The van der Waals surface area contributed by atoms with Gasteiger partial charge >= 0.3 is 0 Å². The van der Waals surface area contributed by atoms with Crippen molar-refractivity contribution in [2.45, 2.75) is 20.0 Å². The van der Waals surface area contributed by atoms with Crippen molar-refractivity contribution in [1.29, 1.82) is 0 Å². The van der Waals surface area contributed by atoms with E-state index in [0.29, 0.717) is 6.54 Å². The first-order valence-electron chi connectivity index (χ1n) is 7.14. The number of hydrogen-bond acceptors (Lipinski definition) is 5. The summed E-state index contributed by atoms with van der Waals surface area (Å²) >= 11 is 1.64. The van der Waals surface area contributed by atoms with Crippen LogP contribution in [0.3, 0.4) is 0 Å². The van der Waals surface area contributed by atoms with E-state index in [9.17, 15) is 0 Å². The van der Waals surface area contributed by atoms with Crippen LogP contribution in [-0.4, -0.2) is 48.4 Å². The van der Waals surface area contributed by atoms with Crippen molar-refractivity contribution in [3.05, 3.63) is 29.0 Å². The minimum absolute atomic E-state index is 0.658. The lowest BCUT2D eigenvalue weighted by Gasteiger charge is -2.11. The molecule has 2 heterocycles. The number of guanidine groups is 1. The predicted octanol–water partition coefficient (Wildman–Crippen LogP) is 1.08. The summed E-state index contributed by atoms with van der Waals surface area (Å²) in [6, 6.07) is 0. The lowest BCUT2D eigenvalue weighted by molar-refractivity contribution is 0.597. The van der Waals surface area contributed by atoms with Gasteiger partial charge in [0.1, 0.15) is 0 Å². The van der Waals surface area contributed by atoms with E-state index in [4.69, 9.17) is 0 Å². The van der Waals surface area contributed by atoms with Gasteiger partial charge in [-0.05, 0) is 12.5 Å². The van der Waals surface area contributed by atoms with Crippen LogP contribution in [0.2, 0.25) is 0 Å². The summed E-state index contributed by atoms with van der Waals surface area (Å²) in [5.74, 6) is 0.767. The molecule has 0 amide bonds. The van der Waals surface area contributed by atoms with Crippen LogP contribution in [0.25, 0.3) is 0 Å². The topological polar surface area (TPSA) is 70.4 Å². The van der Waals surface area contributed by atoms with Crippen LogP contribution in [0.1, 0.15) is 11.3 Å². The van der Waals surface area contributed by atoms with Gasteiger partial charge < -0.3 is 15.5 Å². The van der Waals surface area contributed by atoms with Crippen molar-refractivity contribution in [2.24, 2.45) is 4.99 Å². The molecule has 0 radical (unpaired) electrons. The first-order chi connectivity index (χ1) is 10.6. The predicted molar refractivity (Wildman–Crippen MR) is 91.6 cm³/mol. The Balaban J connectivity index is 1.74. The minimum atomic E-state index is 0.658. The van der Waals surface area contributed by atoms with Gasteiger partial charge in [-0.2, -0.15) is 5.10 Å². The Bertz CT molecular complexity index is 614. The Hall–Kier alpha value is -2.09. The largest absolute Gasteiger partial charge is 0.355 e. The molecule has 0 bridgehead atoms. The first kappa shape index (κ1) is 16.3. The highest BCUT2D eigenvalue weighted by atomic mass is 32.1. The molecule has 120 valence electrons. The third kappa shape index (κ3) is 4.73. The number of rotatable bonds is 6. The molecule has 0 saturated carbocycles. The van der Waals surface area contributed by atoms with Gasteiger partial charge in [0.2, 0.25) is 0 Å². The molecule has 0 aromatic carbocycles. The molecule has 22 heavy (non-hydrogen) atoms. The second kappa shape index (κ2) is 7.79. The van der Waals surface area contributed by atoms with Crippen LogP contribution in [-0.2, 0) is 13.1 Å². The van der Waals surface area contributed by atoms with E-state index < -0.39 is 0 Å². The van der Waals surface area contributed by atoms with E-state index in [0.717, 1.165) is 29.9 Å². The molecule has 0 spiro atoms. The van der Waals surface area contributed by atoms with Crippen LogP contribution < -0.4 is 15.5 Å². The van der Waals surface area contributed by atoms with Crippen molar-refractivity contribution in [3.8, 4) is 0 Å². The third-order valence-electron chi connectivity index (χ3n) is 2.98.